The van der Waals surface area contributed by atoms with Gasteiger partial charge < -0.3 is 10.3 Å². The number of anilines is 2. The molecule has 0 saturated carbocycles. The summed E-state index contributed by atoms with van der Waals surface area (Å²) in [5.41, 5.74) is -1.07. The van der Waals surface area contributed by atoms with Gasteiger partial charge in [-0.3, -0.25) is 9.52 Å². The molecule has 3 N–H and O–H groups in total. The number of sulfonamides is 1. The zero-order valence-corrected chi connectivity index (χ0v) is 18.1. The number of hydrogen-bond donors (Lipinski definition) is 3. The van der Waals surface area contributed by atoms with Gasteiger partial charge in [-0.05, 0) is 24.5 Å². The molecular formula is C20H23F2N5O3S. The SMILES string of the molecule is CCCS(=O)(=O)Nc1ccc(F)c(C(=O)c2c[nH]c3ncnc(NCC(C)C)c23)c1F. The van der Waals surface area contributed by atoms with Gasteiger partial charge in [-0.2, -0.15) is 0 Å². The van der Waals surface area contributed by atoms with Gasteiger partial charge in [0.1, 0.15) is 23.6 Å². The number of benzene rings is 1. The molecule has 166 valence electrons. The van der Waals surface area contributed by atoms with Crippen molar-refractivity contribution in [2.45, 2.75) is 27.2 Å². The largest absolute Gasteiger partial charge is 0.369 e. The minimum Gasteiger partial charge on any atom is -0.369 e. The van der Waals surface area contributed by atoms with Crippen molar-refractivity contribution in [1.82, 2.24) is 15.0 Å². The molecule has 0 radical (unpaired) electrons. The van der Waals surface area contributed by atoms with Crippen molar-refractivity contribution in [3.63, 3.8) is 0 Å². The average molecular weight is 451 g/mol. The summed E-state index contributed by atoms with van der Waals surface area (Å²) in [7, 11) is -3.83. The number of nitrogens with one attached hydrogen (secondary N) is 3. The van der Waals surface area contributed by atoms with E-state index < -0.39 is 38.7 Å². The maximum absolute atomic E-state index is 15.1. The maximum Gasteiger partial charge on any atom is 0.232 e. The Bertz CT molecular complexity index is 1230. The molecule has 8 nitrogen and oxygen atoms in total. The second-order valence-electron chi connectivity index (χ2n) is 7.46. The van der Waals surface area contributed by atoms with E-state index >= 15 is 4.39 Å². The topological polar surface area (TPSA) is 117 Å². The second-order valence-corrected chi connectivity index (χ2v) is 9.30. The molecule has 11 heteroatoms. The first kappa shape index (κ1) is 22.6. The number of H-pyrrole nitrogens is 1. The van der Waals surface area contributed by atoms with Crippen molar-refractivity contribution in [1.29, 1.82) is 0 Å². The first-order valence-corrected chi connectivity index (χ1v) is 11.4. The van der Waals surface area contributed by atoms with Crippen molar-refractivity contribution in [3.05, 3.63) is 47.4 Å². The summed E-state index contributed by atoms with van der Waals surface area (Å²) in [6, 6.07) is 1.80. The number of aromatic amines is 1. The van der Waals surface area contributed by atoms with Crippen LogP contribution in [0, 0.1) is 17.6 Å². The molecule has 0 unspecified atom stereocenters. The predicted octanol–water partition coefficient (Wildman–Crippen LogP) is 3.69. The summed E-state index contributed by atoms with van der Waals surface area (Å²) in [4.78, 5) is 24.1. The lowest BCUT2D eigenvalue weighted by molar-refractivity contribution is 0.103. The third-order valence-electron chi connectivity index (χ3n) is 4.45. The maximum atomic E-state index is 15.1. The van der Waals surface area contributed by atoms with Crippen LogP contribution in [0.3, 0.4) is 0 Å². The molecule has 0 aliphatic heterocycles. The van der Waals surface area contributed by atoms with Crippen LogP contribution >= 0.6 is 0 Å². The fourth-order valence-electron chi connectivity index (χ4n) is 3.04. The van der Waals surface area contributed by atoms with Gasteiger partial charge in [0.2, 0.25) is 15.8 Å². The Morgan fingerprint density at radius 1 is 1.23 bits per heavy atom. The van der Waals surface area contributed by atoms with E-state index in [-0.39, 0.29) is 17.2 Å². The minimum absolute atomic E-state index is 0.0341. The van der Waals surface area contributed by atoms with E-state index in [4.69, 9.17) is 0 Å². The Kier molecular flexibility index (Phi) is 6.54. The van der Waals surface area contributed by atoms with Gasteiger partial charge in [0.25, 0.3) is 0 Å². The first-order valence-electron chi connectivity index (χ1n) is 9.73. The second kappa shape index (κ2) is 8.96. The van der Waals surface area contributed by atoms with Crippen molar-refractivity contribution >= 4 is 38.3 Å². The van der Waals surface area contributed by atoms with Gasteiger partial charge in [0, 0.05) is 12.7 Å². The molecule has 0 spiro atoms. The van der Waals surface area contributed by atoms with Crippen LogP contribution in [-0.4, -0.2) is 41.5 Å². The lowest BCUT2D eigenvalue weighted by Crippen LogP contribution is -2.18. The molecule has 31 heavy (non-hydrogen) atoms. The van der Waals surface area contributed by atoms with Gasteiger partial charge in [-0.25, -0.2) is 27.2 Å². The monoisotopic (exact) mass is 451 g/mol. The third kappa shape index (κ3) is 4.82. The Morgan fingerprint density at radius 3 is 2.65 bits per heavy atom. The molecule has 0 aliphatic carbocycles. The van der Waals surface area contributed by atoms with Crippen molar-refractivity contribution in [2.24, 2.45) is 5.92 Å². The number of halogens is 2. The molecule has 1 aromatic carbocycles. The number of carbonyl (C=O) groups excluding carboxylic acids is 1. The van der Waals surface area contributed by atoms with Gasteiger partial charge in [-0.1, -0.05) is 20.8 Å². The molecule has 2 aromatic heterocycles. The summed E-state index contributed by atoms with van der Waals surface area (Å²) in [6.45, 7) is 6.19. The van der Waals surface area contributed by atoms with Crippen LogP contribution in [-0.2, 0) is 10.0 Å². The lowest BCUT2D eigenvalue weighted by atomic mass is 10.0. The zero-order chi connectivity index (χ0) is 22.8. The summed E-state index contributed by atoms with van der Waals surface area (Å²) in [6.07, 6.45) is 2.92. The van der Waals surface area contributed by atoms with Crippen LogP contribution < -0.4 is 10.0 Å². The average Bonchev–Trinajstić information content (AvgIpc) is 3.13. The minimum atomic E-state index is -3.83. The zero-order valence-electron chi connectivity index (χ0n) is 17.3. The van der Waals surface area contributed by atoms with Gasteiger partial charge >= 0.3 is 0 Å². The highest BCUT2D eigenvalue weighted by molar-refractivity contribution is 7.92. The molecule has 0 atom stereocenters. The van der Waals surface area contributed by atoms with Crippen LogP contribution in [0.2, 0.25) is 0 Å². The number of fused-ring (bicyclic) bond motifs is 1. The molecule has 2 heterocycles. The number of rotatable bonds is 9. The molecule has 0 fully saturated rings. The number of carbonyl (C=O) groups is 1. The first-order chi connectivity index (χ1) is 14.6. The van der Waals surface area contributed by atoms with Crippen molar-refractivity contribution < 1.29 is 22.0 Å². The highest BCUT2D eigenvalue weighted by Gasteiger charge is 2.27. The van der Waals surface area contributed by atoms with Crippen molar-refractivity contribution in [2.75, 3.05) is 22.3 Å². The molecule has 3 rings (SSSR count). The van der Waals surface area contributed by atoms with E-state index in [1.807, 2.05) is 13.8 Å². The Hall–Kier alpha value is -3.08. The highest BCUT2D eigenvalue weighted by atomic mass is 32.2. The van der Waals surface area contributed by atoms with Crippen LogP contribution in [0.15, 0.2) is 24.7 Å². The van der Waals surface area contributed by atoms with Gasteiger partial charge in [-0.15, -0.1) is 0 Å². The summed E-state index contributed by atoms with van der Waals surface area (Å²) in [5.74, 6) is -2.95. The fraction of sp³-hybridized carbons (Fsp3) is 0.350. The smallest absolute Gasteiger partial charge is 0.232 e. The summed E-state index contributed by atoms with van der Waals surface area (Å²) >= 11 is 0. The van der Waals surface area contributed by atoms with E-state index in [2.05, 4.69) is 25.0 Å². The standard InChI is InChI=1S/C20H23F2N5O3S/c1-4-7-31(29,30)27-14-6-5-13(21)16(17(14)22)18(28)12-9-24-20-15(12)19(25-10-26-20)23-8-11(2)3/h5-6,9-11,27H,4,7-8H2,1-3H3,(H2,23,24,25,26). The highest BCUT2D eigenvalue weighted by Crippen LogP contribution is 2.29. The number of ketones is 1. The van der Waals surface area contributed by atoms with Crippen LogP contribution in [0.1, 0.15) is 43.1 Å². The fourth-order valence-corrected chi connectivity index (χ4v) is 4.17. The molecule has 3 aromatic rings. The van der Waals surface area contributed by atoms with Crippen LogP contribution in [0.25, 0.3) is 11.0 Å². The molecular weight excluding hydrogens is 428 g/mol. The predicted molar refractivity (Wildman–Crippen MR) is 115 cm³/mol. The quantitative estimate of drug-likeness (QED) is 0.427. The molecule has 0 saturated heterocycles. The van der Waals surface area contributed by atoms with E-state index in [1.165, 1.54) is 12.5 Å². The summed E-state index contributed by atoms with van der Waals surface area (Å²) in [5, 5.41) is 3.40. The normalized spacial score (nSPS) is 11.8. The number of hydrogen-bond acceptors (Lipinski definition) is 6. The summed E-state index contributed by atoms with van der Waals surface area (Å²) < 4.78 is 55.7. The van der Waals surface area contributed by atoms with Gasteiger partial charge in [0.05, 0.1) is 28.0 Å². The molecule has 0 amide bonds. The Morgan fingerprint density at radius 2 is 1.97 bits per heavy atom. The Balaban J connectivity index is 2.07. The number of aromatic nitrogens is 3. The van der Waals surface area contributed by atoms with E-state index in [9.17, 15) is 17.6 Å². The van der Waals surface area contributed by atoms with Gasteiger partial charge in [0.15, 0.2) is 5.82 Å². The van der Waals surface area contributed by atoms with E-state index in [1.54, 1.807) is 6.92 Å². The van der Waals surface area contributed by atoms with E-state index in [0.717, 1.165) is 12.1 Å². The third-order valence-corrected chi connectivity index (χ3v) is 5.93. The van der Waals surface area contributed by atoms with Crippen molar-refractivity contribution in [3.8, 4) is 0 Å². The van der Waals surface area contributed by atoms with E-state index in [0.29, 0.717) is 29.8 Å². The number of nitrogens with zero attached hydrogens (tertiary/aromatic N) is 2. The molecule has 0 aliphatic rings. The molecule has 0 bridgehead atoms. The van der Waals surface area contributed by atoms with Crippen LogP contribution in [0.4, 0.5) is 20.3 Å². The Labute approximate surface area is 178 Å². The van der Waals surface area contributed by atoms with Crippen LogP contribution in [0.5, 0.6) is 0 Å². The lowest BCUT2D eigenvalue weighted by Gasteiger charge is -2.12.